The summed E-state index contributed by atoms with van der Waals surface area (Å²) in [7, 11) is 0. The largest absolute Gasteiger partial charge is 0.494 e. The molecule has 0 fully saturated rings. The number of benzene rings is 3. The van der Waals surface area contributed by atoms with Crippen molar-refractivity contribution in [2.24, 2.45) is 0 Å². The number of carbonyl (C=O) groups is 1. The SMILES string of the molecule is CCOc1ccc2nc(N(Cc3cccnc3)C(=O)COc3ccc4ccccc4c3)sc2c1. The Balaban J connectivity index is 1.40. The lowest BCUT2D eigenvalue weighted by Gasteiger charge is -2.20. The van der Waals surface area contributed by atoms with E-state index in [-0.39, 0.29) is 12.5 Å². The number of fused-ring (bicyclic) bond motifs is 2. The van der Waals surface area contributed by atoms with Gasteiger partial charge >= 0.3 is 0 Å². The smallest absolute Gasteiger partial charge is 0.267 e. The van der Waals surface area contributed by atoms with Crippen LogP contribution in [-0.4, -0.2) is 29.1 Å². The molecule has 1 amide bonds. The van der Waals surface area contributed by atoms with Crippen LogP contribution in [0.25, 0.3) is 21.0 Å². The van der Waals surface area contributed by atoms with Gasteiger partial charge in [0, 0.05) is 12.4 Å². The zero-order valence-corrected chi connectivity index (χ0v) is 19.5. The van der Waals surface area contributed by atoms with Crippen LogP contribution in [0.2, 0.25) is 0 Å². The van der Waals surface area contributed by atoms with Gasteiger partial charge in [-0.3, -0.25) is 14.7 Å². The molecule has 0 radical (unpaired) electrons. The van der Waals surface area contributed by atoms with E-state index in [1.807, 2.05) is 79.7 Å². The molecule has 0 saturated carbocycles. The van der Waals surface area contributed by atoms with Crippen molar-refractivity contribution in [2.45, 2.75) is 13.5 Å². The van der Waals surface area contributed by atoms with Crippen LogP contribution in [0.5, 0.6) is 11.5 Å². The predicted molar refractivity (Wildman–Crippen MR) is 136 cm³/mol. The lowest BCUT2D eigenvalue weighted by Crippen LogP contribution is -2.34. The van der Waals surface area contributed by atoms with Crippen molar-refractivity contribution in [1.82, 2.24) is 9.97 Å². The second-order valence-corrected chi connectivity index (χ2v) is 8.71. The Bertz CT molecular complexity index is 1440. The van der Waals surface area contributed by atoms with Crippen LogP contribution in [0, 0.1) is 0 Å². The first kappa shape index (κ1) is 21.9. The van der Waals surface area contributed by atoms with Crippen LogP contribution in [0.3, 0.4) is 0 Å². The molecule has 0 spiro atoms. The molecule has 0 saturated heterocycles. The fraction of sp³-hybridized carbons (Fsp3) is 0.148. The van der Waals surface area contributed by atoms with Crippen molar-refractivity contribution in [3.63, 3.8) is 0 Å². The zero-order valence-electron chi connectivity index (χ0n) is 18.7. The van der Waals surface area contributed by atoms with Gasteiger partial charge < -0.3 is 9.47 Å². The Morgan fingerprint density at radius 1 is 0.941 bits per heavy atom. The highest BCUT2D eigenvalue weighted by molar-refractivity contribution is 7.22. The first-order valence-corrected chi connectivity index (χ1v) is 11.9. The summed E-state index contributed by atoms with van der Waals surface area (Å²) >= 11 is 1.45. The number of anilines is 1. The number of pyridine rings is 1. The van der Waals surface area contributed by atoms with Gasteiger partial charge in [0.1, 0.15) is 11.5 Å². The number of hydrogen-bond acceptors (Lipinski definition) is 6. The topological polar surface area (TPSA) is 64.5 Å². The monoisotopic (exact) mass is 469 g/mol. The summed E-state index contributed by atoms with van der Waals surface area (Å²) in [6, 6.07) is 23.4. The molecule has 6 nitrogen and oxygen atoms in total. The molecule has 0 unspecified atom stereocenters. The molecule has 5 aromatic rings. The second kappa shape index (κ2) is 9.89. The van der Waals surface area contributed by atoms with E-state index in [4.69, 9.17) is 14.5 Å². The first-order chi connectivity index (χ1) is 16.7. The van der Waals surface area contributed by atoms with E-state index < -0.39 is 0 Å². The van der Waals surface area contributed by atoms with E-state index >= 15 is 0 Å². The molecule has 2 aromatic heterocycles. The van der Waals surface area contributed by atoms with Crippen LogP contribution in [0.4, 0.5) is 5.13 Å². The molecular weight excluding hydrogens is 446 g/mol. The summed E-state index contributed by atoms with van der Waals surface area (Å²) in [5.41, 5.74) is 1.73. The summed E-state index contributed by atoms with van der Waals surface area (Å²) in [5.74, 6) is 1.26. The fourth-order valence-corrected chi connectivity index (χ4v) is 4.69. The van der Waals surface area contributed by atoms with Gasteiger partial charge in [0.05, 0.1) is 23.4 Å². The molecule has 5 rings (SSSR count). The van der Waals surface area contributed by atoms with Crippen molar-refractivity contribution < 1.29 is 14.3 Å². The quantitative estimate of drug-likeness (QED) is 0.285. The molecule has 7 heteroatoms. The van der Waals surface area contributed by atoms with Crippen LogP contribution < -0.4 is 14.4 Å². The minimum atomic E-state index is -0.180. The number of carbonyl (C=O) groups excluding carboxylic acids is 1. The van der Waals surface area contributed by atoms with Crippen LogP contribution in [0.15, 0.2) is 85.2 Å². The number of rotatable bonds is 8. The standard InChI is InChI=1S/C27H23N3O3S/c1-2-32-23-11-12-24-25(15-23)34-27(29-24)30(17-19-6-5-13-28-16-19)26(31)18-33-22-10-9-20-7-3-4-8-21(20)14-22/h3-16H,2,17-18H2,1H3. The second-order valence-electron chi connectivity index (χ2n) is 7.70. The number of nitrogens with zero attached hydrogens (tertiary/aromatic N) is 3. The van der Waals surface area contributed by atoms with Crippen molar-refractivity contribution in [3.05, 3.63) is 90.8 Å². The molecule has 34 heavy (non-hydrogen) atoms. The fourth-order valence-electron chi connectivity index (χ4n) is 3.68. The number of amides is 1. The average molecular weight is 470 g/mol. The molecule has 0 aliphatic heterocycles. The highest BCUT2D eigenvalue weighted by Gasteiger charge is 2.21. The predicted octanol–water partition coefficient (Wildman–Crippen LogP) is 5.86. The van der Waals surface area contributed by atoms with Crippen molar-refractivity contribution in [2.75, 3.05) is 18.1 Å². The molecule has 3 aromatic carbocycles. The Morgan fingerprint density at radius 2 is 1.76 bits per heavy atom. The van der Waals surface area contributed by atoms with E-state index in [0.717, 1.165) is 32.3 Å². The van der Waals surface area contributed by atoms with Crippen molar-refractivity contribution in [1.29, 1.82) is 0 Å². The van der Waals surface area contributed by atoms with Gasteiger partial charge in [-0.25, -0.2) is 4.98 Å². The van der Waals surface area contributed by atoms with Crippen molar-refractivity contribution in [3.8, 4) is 11.5 Å². The number of hydrogen-bond donors (Lipinski definition) is 0. The third-order valence-corrected chi connectivity index (χ3v) is 6.38. The number of ether oxygens (including phenoxy) is 2. The third-order valence-electron chi connectivity index (χ3n) is 5.34. The highest BCUT2D eigenvalue weighted by Crippen LogP contribution is 2.32. The molecule has 0 N–H and O–H groups in total. The molecular formula is C27H23N3O3S. The van der Waals surface area contributed by atoms with Gasteiger partial charge in [-0.05, 0) is 59.7 Å². The Morgan fingerprint density at radius 3 is 2.59 bits per heavy atom. The van der Waals surface area contributed by atoms with E-state index in [2.05, 4.69) is 4.98 Å². The van der Waals surface area contributed by atoms with Gasteiger partial charge in [0.15, 0.2) is 11.7 Å². The van der Waals surface area contributed by atoms with E-state index in [1.54, 1.807) is 17.3 Å². The Hall–Kier alpha value is -3.97. The van der Waals surface area contributed by atoms with Gasteiger partial charge in [0.2, 0.25) is 0 Å². The van der Waals surface area contributed by atoms with E-state index in [0.29, 0.717) is 24.0 Å². The molecule has 0 aliphatic carbocycles. The van der Waals surface area contributed by atoms with Crippen LogP contribution in [-0.2, 0) is 11.3 Å². The maximum absolute atomic E-state index is 13.4. The zero-order chi connectivity index (χ0) is 23.3. The van der Waals surface area contributed by atoms with E-state index in [1.165, 1.54) is 11.3 Å². The molecule has 0 aliphatic rings. The summed E-state index contributed by atoms with van der Waals surface area (Å²) in [6.07, 6.45) is 3.47. The van der Waals surface area contributed by atoms with Crippen LogP contribution in [0.1, 0.15) is 12.5 Å². The summed E-state index contributed by atoms with van der Waals surface area (Å²) < 4.78 is 12.5. The average Bonchev–Trinajstić information content (AvgIpc) is 3.29. The summed E-state index contributed by atoms with van der Waals surface area (Å²) in [4.78, 5) is 23.9. The Labute approximate surface area is 201 Å². The summed E-state index contributed by atoms with van der Waals surface area (Å²) in [5, 5.41) is 2.80. The molecule has 0 atom stereocenters. The maximum atomic E-state index is 13.4. The molecule has 0 bridgehead atoms. The lowest BCUT2D eigenvalue weighted by atomic mass is 10.1. The molecule has 170 valence electrons. The number of thiazole rings is 1. The third kappa shape index (κ3) is 4.84. The van der Waals surface area contributed by atoms with Gasteiger partial charge in [-0.2, -0.15) is 0 Å². The van der Waals surface area contributed by atoms with Crippen molar-refractivity contribution >= 4 is 43.4 Å². The van der Waals surface area contributed by atoms with Gasteiger partial charge in [-0.1, -0.05) is 47.7 Å². The maximum Gasteiger partial charge on any atom is 0.267 e. The minimum absolute atomic E-state index is 0.0985. The van der Waals surface area contributed by atoms with Crippen LogP contribution >= 0.6 is 11.3 Å². The lowest BCUT2D eigenvalue weighted by molar-refractivity contribution is -0.120. The van der Waals surface area contributed by atoms with Gasteiger partial charge in [0.25, 0.3) is 5.91 Å². The highest BCUT2D eigenvalue weighted by atomic mass is 32.1. The molecule has 2 heterocycles. The van der Waals surface area contributed by atoms with Gasteiger partial charge in [-0.15, -0.1) is 0 Å². The summed E-state index contributed by atoms with van der Waals surface area (Å²) in [6.45, 7) is 2.80. The normalized spacial score (nSPS) is 11.0. The van der Waals surface area contributed by atoms with E-state index in [9.17, 15) is 4.79 Å². The Kier molecular flexibility index (Phi) is 6.35. The first-order valence-electron chi connectivity index (χ1n) is 11.0. The number of aromatic nitrogens is 2. The minimum Gasteiger partial charge on any atom is -0.494 e.